The molecule has 17 heavy (non-hydrogen) atoms. The molecule has 0 radical (unpaired) electrons. The summed E-state index contributed by atoms with van der Waals surface area (Å²) in [5, 5.41) is 0. The number of aromatic nitrogens is 1. The summed E-state index contributed by atoms with van der Waals surface area (Å²) in [6.45, 7) is 2.11. The molecule has 0 aliphatic carbocycles. The molecule has 92 valence electrons. The number of hydrogen-bond donors (Lipinski definition) is 0. The van der Waals surface area contributed by atoms with Gasteiger partial charge in [-0.15, -0.1) is 0 Å². The molecular weight excluding hydrogens is 230 g/mol. The van der Waals surface area contributed by atoms with E-state index >= 15 is 0 Å². The monoisotopic (exact) mass is 242 g/mol. The predicted octanol–water partition coefficient (Wildman–Crippen LogP) is 2.75. The van der Waals surface area contributed by atoms with Gasteiger partial charge in [0.25, 0.3) is 6.43 Å². The van der Waals surface area contributed by atoms with E-state index in [1.54, 1.807) is 6.92 Å². The maximum atomic E-state index is 12.8. The van der Waals surface area contributed by atoms with E-state index in [1.807, 2.05) is 0 Å². The van der Waals surface area contributed by atoms with Crippen LogP contribution in [0.15, 0.2) is 18.3 Å². The Morgan fingerprint density at radius 2 is 2.35 bits per heavy atom. The van der Waals surface area contributed by atoms with Crippen LogP contribution in [0.2, 0.25) is 0 Å². The molecule has 1 aromatic heterocycles. The van der Waals surface area contributed by atoms with Crippen molar-refractivity contribution in [2.45, 2.75) is 25.8 Å². The third-order valence-corrected chi connectivity index (χ3v) is 2.68. The molecule has 6 heteroatoms. The van der Waals surface area contributed by atoms with E-state index in [1.165, 1.54) is 23.2 Å². The fraction of sp³-hybridized carbons (Fsp3) is 0.455. The van der Waals surface area contributed by atoms with Gasteiger partial charge < -0.3 is 4.74 Å². The Morgan fingerprint density at radius 1 is 1.59 bits per heavy atom. The van der Waals surface area contributed by atoms with Crippen LogP contribution >= 0.6 is 0 Å². The van der Waals surface area contributed by atoms with Crippen molar-refractivity contribution >= 4 is 11.8 Å². The van der Waals surface area contributed by atoms with Gasteiger partial charge in [-0.1, -0.05) is 0 Å². The van der Waals surface area contributed by atoms with Gasteiger partial charge in [0.1, 0.15) is 5.69 Å². The molecule has 0 bridgehead atoms. The topological polar surface area (TPSA) is 42.4 Å². The van der Waals surface area contributed by atoms with E-state index in [2.05, 4.69) is 4.98 Å². The van der Waals surface area contributed by atoms with E-state index in [9.17, 15) is 13.6 Å². The summed E-state index contributed by atoms with van der Waals surface area (Å²) in [5.41, 5.74) is -0.266. The van der Waals surface area contributed by atoms with Crippen LogP contribution < -0.4 is 4.90 Å². The zero-order valence-corrected chi connectivity index (χ0v) is 9.27. The van der Waals surface area contributed by atoms with Crippen LogP contribution in [0.3, 0.4) is 0 Å². The van der Waals surface area contributed by atoms with Gasteiger partial charge in [0.2, 0.25) is 0 Å². The van der Waals surface area contributed by atoms with Crippen LogP contribution in [0.5, 0.6) is 0 Å². The molecule has 4 nitrogen and oxygen atoms in total. The Bertz CT molecular complexity index is 426. The van der Waals surface area contributed by atoms with Gasteiger partial charge in [-0.3, -0.25) is 9.88 Å². The van der Waals surface area contributed by atoms with Crippen molar-refractivity contribution in [1.29, 1.82) is 0 Å². The van der Waals surface area contributed by atoms with Gasteiger partial charge >= 0.3 is 6.09 Å². The van der Waals surface area contributed by atoms with Crippen molar-refractivity contribution in [1.82, 2.24) is 4.98 Å². The molecule has 1 aliphatic heterocycles. The molecule has 0 spiro atoms. The van der Waals surface area contributed by atoms with Crippen molar-refractivity contribution in [3.8, 4) is 0 Å². The number of carbonyl (C=O) groups is 1. The Kier molecular flexibility index (Phi) is 3.21. The third kappa shape index (κ3) is 2.20. The van der Waals surface area contributed by atoms with Gasteiger partial charge in [0.15, 0.2) is 0 Å². The highest BCUT2D eigenvalue weighted by Crippen LogP contribution is 2.31. The number of carbonyl (C=O) groups excluding carboxylic acids is 1. The molecule has 0 N–H and O–H groups in total. The zero-order chi connectivity index (χ0) is 12.4. The summed E-state index contributed by atoms with van der Waals surface area (Å²) < 4.78 is 30.5. The molecular formula is C11H12F2N2O2. The molecule has 1 saturated heterocycles. The van der Waals surface area contributed by atoms with Crippen molar-refractivity contribution < 1.29 is 18.3 Å². The molecule has 1 unspecified atom stereocenters. The first-order valence-corrected chi connectivity index (χ1v) is 5.30. The van der Waals surface area contributed by atoms with Crippen molar-refractivity contribution in [3.63, 3.8) is 0 Å². The van der Waals surface area contributed by atoms with E-state index < -0.39 is 18.2 Å². The highest BCUT2D eigenvalue weighted by Gasteiger charge is 2.31. The molecule has 2 rings (SSSR count). The molecule has 1 aliphatic rings. The average molecular weight is 242 g/mol. The van der Waals surface area contributed by atoms with Crippen LogP contribution in [0.4, 0.5) is 19.3 Å². The lowest BCUT2D eigenvalue weighted by molar-refractivity contribution is 0.128. The minimum atomic E-state index is -2.71. The SMILES string of the molecule is CC1CCOC(=O)N1c1cccnc1C(F)F. The Hall–Kier alpha value is -1.72. The number of alkyl halides is 2. The number of anilines is 1. The minimum Gasteiger partial charge on any atom is -0.449 e. The van der Waals surface area contributed by atoms with Crippen molar-refractivity contribution in [2.24, 2.45) is 0 Å². The number of hydrogen-bond acceptors (Lipinski definition) is 3. The predicted molar refractivity (Wildman–Crippen MR) is 57.1 cm³/mol. The van der Waals surface area contributed by atoms with Crippen LogP contribution in [0, 0.1) is 0 Å². The average Bonchev–Trinajstić information content (AvgIpc) is 2.29. The standard InChI is InChI=1S/C11H12F2N2O2/c1-7-4-6-17-11(16)15(7)8-3-2-5-14-9(8)10(12)13/h2-3,5,7,10H,4,6H2,1H3. The van der Waals surface area contributed by atoms with Gasteiger partial charge in [-0.2, -0.15) is 0 Å². The van der Waals surface area contributed by atoms with E-state index in [-0.39, 0.29) is 11.7 Å². The molecule has 0 aromatic carbocycles. The van der Waals surface area contributed by atoms with Crippen molar-refractivity contribution in [3.05, 3.63) is 24.0 Å². The second kappa shape index (κ2) is 4.65. The quantitative estimate of drug-likeness (QED) is 0.800. The first kappa shape index (κ1) is 11.8. The third-order valence-electron chi connectivity index (χ3n) is 2.68. The molecule has 1 amide bonds. The van der Waals surface area contributed by atoms with Crippen LogP contribution in [0.1, 0.15) is 25.5 Å². The first-order valence-electron chi connectivity index (χ1n) is 5.30. The van der Waals surface area contributed by atoms with Gasteiger partial charge in [-0.25, -0.2) is 13.6 Å². The summed E-state index contributed by atoms with van der Waals surface area (Å²) >= 11 is 0. The maximum absolute atomic E-state index is 12.8. The number of ether oxygens (including phenoxy) is 1. The van der Waals surface area contributed by atoms with E-state index in [0.717, 1.165) is 0 Å². The second-order valence-electron chi connectivity index (χ2n) is 3.83. The van der Waals surface area contributed by atoms with E-state index in [0.29, 0.717) is 13.0 Å². The summed E-state index contributed by atoms with van der Waals surface area (Å²) in [4.78, 5) is 16.5. The summed E-state index contributed by atoms with van der Waals surface area (Å²) in [6, 6.07) is 2.81. The maximum Gasteiger partial charge on any atom is 0.414 e. The lowest BCUT2D eigenvalue weighted by atomic mass is 10.1. The number of amides is 1. The fourth-order valence-corrected chi connectivity index (χ4v) is 1.81. The number of rotatable bonds is 2. The number of cyclic esters (lactones) is 1. The lowest BCUT2D eigenvalue weighted by Crippen LogP contribution is -2.44. The minimum absolute atomic E-state index is 0.125. The molecule has 2 heterocycles. The summed E-state index contributed by atoms with van der Waals surface area (Å²) in [7, 11) is 0. The zero-order valence-electron chi connectivity index (χ0n) is 9.27. The van der Waals surface area contributed by atoms with Crippen LogP contribution in [-0.4, -0.2) is 23.7 Å². The van der Waals surface area contributed by atoms with Gasteiger partial charge in [0.05, 0.1) is 12.3 Å². The second-order valence-corrected chi connectivity index (χ2v) is 3.83. The Balaban J connectivity index is 2.41. The van der Waals surface area contributed by atoms with E-state index in [4.69, 9.17) is 4.74 Å². The van der Waals surface area contributed by atoms with Crippen LogP contribution in [-0.2, 0) is 4.74 Å². The number of pyridine rings is 1. The molecule has 1 aromatic rings. The normalized spacial score (nSPS) is 20.6. The van der Waals surface area contributed by atoms with Crippen LogP contribution in [0.25, 0.3) is 0 Å². The van der Waals surface area contributed by atoms with Gasteiger partial charge in [0, 0.05) is 18.7 Å². The smallest absolute Gasteiger partial charge is 0.414 e. The highest BCUT2D eigenvalue weighted by atomic mass is 19.3. The summed E-state index contributed by atoms with van der Waals surface area (Å²) in [5.74, 6) is 0. The summed E-state index contributed by atoms with van der Waals surface area (Å²) in [6.07, 6.45) is -1.42. The largest absolute Gasteiger partial charge is 0.449 e. The Morgan fingerprint density at radius 3 is 3.00 bits per heavy atom. The molecule has 1 fully saturated rings. The first-order chi connectivity index (χ1) is 8.11. The van der Waals surface area contributed by atoms with Gasteiger partial charge in [-0.05, 0) is 19.1 Å². The Labute approximate surface area is 97.2 Å². The van der Waals surface area contributed by atoms with Crippen molar-refractivity contribution in [2.75, 3.05) is 11.5 Å². The lowest BCUT2D eigenvalue weighted by Gasteiger charge is -2.33. The highest BCUT2D eigenvalue weighted by molar-refractivity contribution is 5.89. The number of nitrogens with zero attached hydrogens (tertiary/aromatic N) is 2. The molecule has 0 saturated carbocycles. The fourth-order valence-electron chi connectivity index (χ4n) is 1.81. The molecule has 1 atom stereocenters. The number of halogens is 2.